The van der Waals surface area contributed by atoms with Crippen LogP contribution in [0, 0.1) is 5.82 Å². The number of hydrogen-bond acceptors (Lipinski definition) is 5. The van der Waals surface area contributed by atoms with Gasteiger partial charge in [-0.3, -0.25) is 14.8 Å². The molecule has 33 heavy (non-hydrogen) atoms. The molecule has 0 spiro atoms. The van der Waals surface area contributed by atoms with Crippen LogP contribution in [0.25, 0.3) is 22.4 Å². The van der Waals surface area contributed by atoms with Crippen molar-refractivity contribution in [3.8, 4) is 22.4 Å². The molecule has 4 rings (SSSR count). The van der Waals surface area contributed by atoms with Gasteiger partial charge >= 0.3 is 6.09 Å². The van der Waals surface area contributed by atoms with E-state index >= 15 is 0 Å². The van der Waals surface area contributed by atoms with Gasteiger partial charge in [-0.1, -0.05) is 0 Å². The molecule has 3 aromatic rings. The van der Waals surface area contributed by atoms with Crippen molar-refractivity contribution in [2.45, 2.75) is 46.4 Å². The zero-order valence-corrected chi connectivity index (χ0v) is 19.1. The van der Waals surface area contributed by atoms with Crippen molar-refractivity contribution in [2.75, 3.05) is 11.9 Å². The van der Waals surface area contributed by atoms with E-state index in [1.807, 2.05) is 10.7 Å². The molecule has 9 heteroatoms. The third-order valence-electron chi connectivity index (χ3n) is 5.22. The van der Waals surface area contributed by atoms with Crippen molar-refractivity contribution in [3.05, 3.63) is 54.1 Å². The Bertz CT molecular complexity index is 1200. The van der Waals surface area contributed by atoms with Crippen molar-refractivity contribution < 1.29 is 18.7 Å². The third-order valence-corrected chi connectivity index (χ3v) is 5.22. The molecular formula is C24H26FN5O3. The second-order valence-corrected chi connectivity index (χ2v) is 8.90. The summed E-state index contributed by atoms with van der Waals surface area (Å²) in [4.78, 5) is 30.3. The van der Waals surface area contributed by atoms with Crippen LogP contribution in [-0.4, -0.2) is 43.8 Å². The van der Waals surface area contributed by atoms with Gasteiger partial charge in [0.1, 0.15) is 22.9 Å². The zero-order valence-electron chi connectivity index (χ0n) is 19.1. The van der Waals surface area contributed by atoms with Gasteiger partial charge in [-0.15, -0.1) is 0 Å². The van der Waals surface area contributed by atoms with E-state index in [1.165, 1.54) is 12.1 Å². The number of carbonyl (C=O) groups is 2. The number of ether oxygens (including phenoxy) is 1. The molecule has 3 heterocycles. The topological polar surface area (TPSA) is 89.4 Å². The first-order valence-corrected chi connectivity index (χ1v) is 10.7. The first-order valence-electron chi connectivity index (χ1n) is 10.7. The number of anilines is 1. The molecule has 172 valence electrons. The van der Waals surface area contributed by atoms with E-state index < -0.39 is 11.7 Å². The molecule has 0 bridgehead atoms. The van der Waals surface area contributed by atoms with Crippen LogP contribution in [0.15, 0.2) is 42.6 Å². The molecule has 0 saturated heterocycles. The number of benzene rings is 1. The maximum Gasteiger partial charge on any atom is 0.413 e. The second kappa shape index (κ2) is 8.65. The molecule has 8 nitrogen and oxygen atoms in total. The highest BCUT2D eigenvalue weighted by Gasteiger charge is 2.27. The number of halogens is 1. The van der Waals surface area contributed by atoms with Crippen molar-refractivity contribution in [2.24, 2.45) is 0 Å². The summed E-state index contributed by atoms with van der Waals surface area (Å²) in [5.41, 5.74) is 3.22. The van der Waals surface area contributed by atoms with E-state index in [1.54, 1.807) is 57.0 Å². The molecule has 0 aliphatic carbocycles. The van der Waals surface area contributed by atoms with E-state index in [2.05, 4.69) is 10.3 Å². The van der Waals surface area contributed by atoms with Crippen LogP contribution in [-0.2, 0) is 22.6 Å². The molecule has 2 amide bonds. The van der Waals surface area contributed by atoms with Gasteiger partial charge in [-0.2, -0.15) is 5.10 Å². The second-order valence-electron chi connectivity index (χ2n) is 8.90. The summed E-state index contributed by atoms with van der Waals surface area (Å²) >= 11 is 0. The quantitative estimate of drug-likeness (QED) is 0.635. The molecule has 2 aromatic heterocycles. The van der Waals surface area contributed by atoms with Crippen LogP contribution in [0.2, 0.25) is 0 Å². The van der Waals surface area contributed by atoms with Gasteiger partial charge < -0.3 is 9.64 Å². The zero-order chi connectivity index (χ0) is 23.8. The number of amides is 2. The highest BCUT2D eigenvalue weighted by Crippen LogP contribution is 2.37. The number of hydrogen-bond donors (Lipinski definition) is 1. The fourth-order valence-electron chi connectivity index (χ4n) is 3.76. The lowest BCUT2D eigenvalue weighted by Gasteiger charge is -2.27. The first-order chi connectivity index (χ1) is 15.6. The average Bonchev–Trinajstić information content (AvgIpc) is 3.11. The lowest BCUT2D eigenvalue weighted by Crippen LogP contribution is -2.37. The minimum Gasteiger partial charge on any atom is -0.444 e. The minimum atomic E-state index is -0.640. The van der Waals surface area contributed by atoms with E-state index in [-0.39, 0.29) is 11.7 Å². The van der Waals surface area contributed by atoms with Crippen LogP contribution in [0.1, 0.15) is 33.4 Å². The Kier molecular flexibility index (Phi) is 5.88. The Morgan fingerprint density at radius 3 is 2.48 bits per heavy atom. The summed E-state index contributed by atoms with van der Waals surface area (Å²) in [6.45, 7) is 8.41. The number of nitrogens with zero attached hydrogens (tertiary/aromatic N) is 4. The largest absolute Gasteiger partial charge is 0.444 e. The highest BCUT2D eigenvalue weighted by molar-refractivity contribution is 5.87. The minimum absolute atomic E-state index is 0.0151. The summed E-state index contributed by atoms with van der Waals surface area (Å²) in [5.74, 6) is -0.0236. The molecule has 1 aromatic carbocycles. The first kappa shape index (κ1) is 22.4. The van der Waals surface area contributed by atoms with Crippen molar-refractivity contribution in [1.29, 1.82) is 0 Å². The van der Waals surface area contributed by atoms with E-state index in [0.717, 1.165) is 22.4 Å². The molecule has 0 radical (unpaired) electrons. The number of rotatable bonds is 3. The van der Waals surface area contributed by atoms with Crippen molar-refractivity contribution >= 4 is 17.8 Å². The normalized spacial score (nSPS) is 13.4. The fraction of sp³-hybridized carbons (Fsp3) is 0.333. The SMILES string of the molecule is CC(=O)N1CCn2nc(-c3ccc(F)cc3)c(-c3ccnc(NC(=O)OC(C)(C)C)c3)c2C1. The van der Waals surface area contributed by atoms with Gasteiger partial charge in [0.15, 0.2) is 0 Å². The predicted molar refractivity (Wildman–Crippen MR) is 122 cm³/mol. The Balaban J connectivity index is 1.78. The molecule has 1 aliphatic rings. The Labute approximate surface area is 191 Å². The standard InChI is InChI=1S/C24H26FN5O3/c1-15(31)29-11-12-30-19(14-29)21(22(28-30)16-5-7-18(25)8-6-16)17-9-10-26-20(13-17)27-23(32)33-24(2,3)4/h5-10,13H,11-12,14H2,1-4H3,(H,26,27,32). The lowest BCUT2D eigenvalue weighted by atomic mass is 9.98. The number of aromatic nitrogens is 3. The smallest absolute Gasteiger partial charge is 0.413 e. The summed E-state index contributed by atoms with van der Waals surface area (Å²) in [6.07, 6.45) is 0.984. The van der Waals surface area contributed by atoms with Crippen LogP contribution in [0.3, 0.4) is 0 Å². The number of fused-ring (bicyclic) bond motifs is 1. The van der Waals surface area contributed by atoms with Crippen LogP contribution < -0.4 is 5.32 Å². The van der Waals surface area contributed by atoms with Crippen LogP contribution >= 0.6 is 0 Å². The fourth-order valence-corrected chi connectivity index (χ4v) is 3.76. The van der Waals surface area contributed by atoms with Gasteiger partial charge in [0.25, 0.3) is 0 Å². The van der Waals surface area contributed by atoms with Crippen molar-refractivity contribution in [1.82, 2.24) is 19.7 Å². The van der Waals surface area contributed by atoms with Gasteiger partial charge in [0.2, 0.25) is 5.91 Å². The van der Waals surface area contributed by atoms with Gasteiger partial charge in [0.05, 0.1) is 18.8 Å². The summed E-state index contributed by atoms with van der Waals surface area (Å²) in [6, 6.07) is 9.69. The van der Waals surface area contributed by atoms with Crippen LogP contribution in [0.5, 0.6) is 0 Å². The lowest BCUT2D eigenvalue weighted by molar-refractivity contribution is -0.130. The van der Waals surface area contributed by atoms with Gasteiger partial charge in [0, 0.05) is 30.8 Å². The third kappa shape index (κ3) is 5.02. The molecular weight excluding hydrogens is 425 g/mol. The highest BCUT2D eigenvalue weighted by atomic mass is 19.1. The molecule has 0 unspecified atom stereocenters. The van der Waals surface area contributed by atoms with Gasteiger partial charge in [-0.25, -0.2) is 14.2 Å². The maximum atomic E-state index is 13.6. The average molecular weight is 452 g/mol. The Hall–Kier alpha value is -3.75. The van der Waals surface area contributed by atoms with E-state index in [0.29, 0.717) is 31.1 Å². The van der Waals surface area contributed by atoms with Crippen LogP contribution in [0.4, 0.5) is 15.0 Å². The molecule has 0 atom stereocenters. The van der Waals surface area contributed by atoms with Gasteiger partial charge in [-0.05, 0) is 62.7 Å². The predicted octanol–water partition coefficient (Wildman–Crippen LogP) is 4.46. The maximum absolute atomic E-state index is 13.6. The summed E-state index contributed by atoms with van der Waals surface area (Å²) in [7, 11) is 0. The molecule has 0 fully saturated rings. The Morgan fingerprint density at radius 1 is 1.09 bits per heavy atom. The number of carbonyl (C=O) groups excluding carboxylic acids is 2. The molecule has 0 saturated carbocycles. The van der Waals surface area contributed by atoms with Crippen molar-refractivity contribution in [3.63, 3.8) is 0 Å². The Morgan fingerprint density at radius 2 is 1.82 bits per heavy atom. The van der Waals surface area contributed by atoms with E-state index in [4.69, 9.17) is 9.84 Å². The summed E-state index contributed by atoms with van der Waals surface area (Å²) in [5, 5.41) is 7.44. The number of pyridine rings is 1. The summed E-state index contributed by atoms with van der Waals surface area (Å²) < 4.78 is 20.8. The van der Waals surface area contributed by atoms with E-state index in [9.17, 15) is 14.0 Å². The monoisotopic (exact) mass is 451 g/mol. The number of nitrogens with one attached hydrogen (secondary N) is 1. The molecule has 1 N–H and O–H groups in total. The molecule has 1 aliphatic heterocycles.